The Kier molecular flexibility index (Phi) is 17.2. The lowest BCUT2D eigenvalue weighted by Gasteiger charge is -2.35. The quantitative estimate of drug-likeness (QED) is 0.103. The number of allylic oxidation sites excluding steroid dienone is 4. The molecule has 2 fully saturated rings. The van der Waals surface area contributed by atoms with Gasteiger partial charge in [-0.25, -0.2) is 0 Å². The third-order valence-corrected chi connectivity index (χ3v) is 13.1. The van der Waals surface area contributed by atoms with E-state index >= 15 is 0 Å². The number of rotatable bonds is 15. The summed E-state index contributed by atoms with van der Waals surface area (Å²) in [7, 11) is 0. The van der Waals surface area contributed by atoms with E-state index in [1.165, 1.54) is 146 Å². The van der Waals surface area contributed by atoms with Crippen molar-refractivity contribution in [3.8, 4) is 11.5 Å². The van der Waals surface area contributed by atoms with E-state index in [4.69, 9.17) is 0 Å². The van der Waals surface area contributed by atoms with Crippen LogP contribution in [0.3, 0.4) is 0 Å². The maximum absolute atomic E-state index is 12.3. The minimum absolute atomic E-state index is 0.255. The van der Waals surface area contributed by atoms with Crippen molar-refractivity contribution in [3.05, 3.63) is 83.0 Å². The summed E-state index contributed by atoms with van der Waals surface area (Å²) in [6.45, 7) is -0.955. The predicted molar refractivity (Wildman–Crippen MR) is 210 cm³/mol. The van der Waals surface area contributed by atoms with Gasteiger partial charge in [-0.3, -0.25) is 0 Å². The molecule has 2 aromatic carbocycles. The van der Waals surface area contributed by atoms with Gasteiger partial charge in [0.15, 0.2) is 0 Å². The Morgan fingerprint density at radius 3 is 1.23 bits per heavy atom. The fraction of sp³-hybridized carbons (Fsp3) is 0.660. The maximum atomic E-state index is 12.3. The van der Waals surface area contributed by atoms with Gasteiger partial charge in [-0.2, -0.15) is 17.6 Å². The Labute approximate surface area is 318 Å². The molecule has 0 aliphatic heterocycles. The highest BCUT2D eigenvalue weighted by molar-refractivity contribution is 5.31. The molecule has 6 heteroatoms. The van der Waals surface area contributed by atoms with Crippen LogP contribution in [0.4, 0.5) is 17.6 Å². The molecule has 4 aliphatic rings. The van der Waals surface area contributed by atoms with E-state index in [-0.39, 0.29) is 11.5 Å². The number of benzene rings is 2. The van der Waals surface area contributed by atoms with Gasteiger partial charge < -0.3 is 9.47 Å². The topological polar surface area (TPSA) is 18.5 Å². The zero-order valence-electron chi connectivity index (χ0n) is 32.6. The second-order valence-electron chi connectivity index (χ2n) is 16.5. The molecule has 0 heterocycles. The van der Waals surface area contributed by atoms with Crippen LogP contribution in [0.5, 0.6) is 11.5 Å². The maximum Gasteiger partial charge on any atom is 0.387 e. The highest BCUT2D eigenvalue weighted by Gasteiger charge is 2.30. The molecular formula is C47H66F4O2. The van der Waals surface area contributed by atoms with Crippen LogP contribution in [0.2, 0.25) is 0 Å². The van der Waals surface area contributed by atoms with Crippen molar-refractivity contribution in [2.24, 2.45) is 23.7 Å². The average molecular weight is 739 g/mol. The number of hydrogen-bond acceptors (Lipinski definition) is 2. The summed E-state index contributed by atoms with van der Waals surface area (Å²) in [6, 6.07) is 14.6. The molecule has 0 spiro atoms. The van der Waals surface area contributed by atoms with Gasteiger partial charge >= 0.3 is 13.2 Å². The van der Waals surface area contributed by atoms with E-state index in [2.05, 4.69) is 35.5 Å². The Morgan fingerprint density at radius 1 is 0.491 bits per heavy atom. The number of unbranched alkanes of at least 4 members (excludes halogenated alkanes) is 3. The third kappa shape index (κ3) is 13.5. The molecule has 294 valence electrons. The van der Waals surface area contributed by atoms with Crippen molar-refractivity contribution < 1.29 is 27.0 Å². The standard InChI is InChI=1S/C24H34F2O.C23H32F2O/c1-2-3-4-5-18-6-8-19(9-7-18)20-10-12-21(13-11-20)22-14-16-23(17-15-22)27-24(25)26;1-2-3-4-17-5-7-18(8-6-17)19-9-11-20(12-10-19)21-13-15-22(16-14-21)26-23(24)25/h6,14-17,19-21,24H,2-5,7-13H2,1H3;5,13-16,18-20,23H,2-4,6-12H2,1H3. The van der Waals surface area contributed by atoms with Crippen LogP contribution in [0.1, 0.15) is 172 Å². The van der Waals surface area contributed by atoms with Crippen molar-refractivity contribution in [2.75, 3.05) is 0 Å². The van der Waals surface area contributed by atoms with Gasteiger partial charge in [0.25, 0.3) is 0 Å². The van der Waals surface area contributed by atoms with E-state index in [0.29, 0.717) is 11.8 Å². The number of ether oxygens (including phenoxy) is 2. The van der Waals surface area contributed by atoms with E-state index in [1.807, 2.05) is 24.3 Å². The highest BCUT2D eigenvalue weighted by Crippen LogP contribution is 2.45. The molecule has 0 radical (unpaired) electrons. The lowest BCUT2D eigenvalue weighted by atomic mass is 9.70. The fourth-order valence-electron chi connectivity index (χ4n) is 9.82. The molecule has 0 aromatic heterocycles. The van der Waals surface area contributed by atoms with E-state index in [1.54, 1.807) is 35.4 Å². The minimum atomic E-state index is -2.75. The predicted octanol–water partition coefficient (Wildman–Crippen LogP) is 15.3. The smallest absolute Gasteiger partial charge is 0.387 e. The molecule has 53 heavy (non-hydrogen) atoms. The van der Waals surface area contributed by atoms with Crippen molar-refractivity contribution in [1.82, 2.24) is 0 Å². The van der Waals surface area contributed by atoms with Gasteiger partial charge in [-0.1, -0.05) is 80.7 Å². The van der Waals surface area contributed by atoms with E-state index < -0.39 is 13.2 Å². The van der Waals surface area contributed by atoms with Crippen molar-refractivity contribution in [1.29, 1.82) is 0 Å². The lowest BCUT2D eigenvalue weighted by Crippen LogP contribution is -2.22. The molecule has 2 nitrogen and oxygen atoms in total. The molecule has 0 N–H and O–H groups in total. The van der Waals surface area contributed by atoms with Crippen LogP contribution >= 0.6 is 0 Å². The summed E-state index contributed by atoms with van der Waals surface area (Å²) in [6.07, 6.45) is 32.5. The van der Waals surface area contributed by atoms with Gasteiger partial charge in [0.2, 0.25) is 0 Å². The van der Waals surface area contributed by atoms with Crippen LogP contribution in [-0.4, -0.2) is 13.2 Å². The van der Waals surface area contributed by atoms with Gasteiger partial charge in [0.05, 0.1) is 0 Å². The number of hydrogen-bond donors (Lipinski definition) is 0. The van der Waals surface area contributed by atoms with Gasteiger partial charge in [-0.05, 0) is 186 Å². The molecule has 4 aliphatic carbocycles. The zero-order valence-corrected chi connectivity index (χ0v) is 32.6. The van der Waals surface area contributed by atoms with Crippen LogP contribution in [0.25, 0.3) is 0 Å². The van der Waals surface area contributed by atoms with Crippen LogP contribution in [0.15, 0.2) is 71.8 Å². The molecule has 6 rings (SSSR count). The summed E-state index contributed by atoms with van der Waals surface area (Å²) in [5, 5.41) is 0. The Bertz CT molecular complexity index is 1370. The van der Waals surface area contributed by atoms with Gasteiger partial charge in [0, 0.05) is 0 Å². The van der Waals surface area contributed by atoms with E-state index in [9.17, 15) is 17.6 Å². The molecule has 2 saturated carbocycles. The minimum Gasteiger partial charge on any atom is -0.435 e. The summed E-state index contributed by atoms with van der Waals surface area (Å²) < 4.78 is 58.0. The summed E-state index contributed by atoms with van der Waals surface area (Å²) in [5.41, 5.74) is 5.95. The highest BCUT2D eigenvalue weighted by atomic mass is 19.3. The van der Waals surface area contributed by atoms with Crippen molar-refractivity contribution >= 4 is 0 Å². The molecule has 0 bridgehead atoms. The Hall–Kier alpha value is -2.76. The van der Waals surface area contributed by atoms with Crippen LogP contribution < -0.4 is 9.47 Å². The first kappa shape index (κ1) is 41.4. The van der Waals surface area contributed by atoms with Gasteiger partial charge in [0.1, 0.15) is 11.5 Å². The molecule has 2 unspecified atom stereocenters. The third-order valence-electron chi connectivity index (χ3n) is 13.1. The SMILES string of the molecule is CCCCC1=CCC(C2CCC(c3ccc(OC(F)F)cc3)CC2)CC1.CCCCCC1=CCC(C2CCC(c3ccc(OC(F)F)cc3)CC2)CC1. The number of halogens is 4. The van der Waals surface area contributed by atoms with Crippen LogP contribution in [-0.2, 0) is 0 Å². The van der Waals surface area contributed by atoms with Gasteiger partial charge in [-0.15, -0.1) is 0 Å². The Morgan fingerprint density at radius 2 is 0.887 bits per heavy atom. The largest absolute Gasteiger partial charge is 0.435 e. The first-order chi connectivity index (χ1) is 25.8. The second-order valence-corrected chi connectivity index (χ2v) is 16.5. The molecule has 2 aromatic rings. The number of alkyl halides is 4. The molecule has 2 atom stereocenters. The van der Waals surface area contributed by atoms with Crippen molar-refractivity contribution in [3.63, 3.8) is 0 Å². The van der Waals surface area contributed by atoms with Crippen LogP contribution in [0, 0.1) is 23.7 Å². The summed E-state index contributed by atoms with van der Waals surface area (Å²) in [5.74, 6) is 5.16. The summed E-state index contributed by atoms with van der Waals surface area (Å²) in [4.78, 5) is 0. The average Bonchev–Trinajstić information content (AvgIpc) is 3.18. The molecule has 0 amide bonds. The van der Waals surface area contributed by atoms with E-state index in [0.717, 1.165) is 23.7 Å². The fourth-order valence-corrected chi connectivity index (χ4v) is 9.82. The molecule has 0 saturated heterocycles. The normalized spacial score (nSPS) is 26.3. The zero-order chi connectivity index (χ0) is 37.4. The second kappa shape index (κ2) is 22.0. The summed E-state index contributed by atoms with van der Waals surface area (Å²) >= 11 is 0. The Balaban J connectivity index is 0.000000204. The first-order valence-electron chi connectivity index (χ1n) is 21.3. The van der Waals surface area contributed by atoms with Crippen molar-refractivity contribution in [2.45, 2.75) is 174 Å². The lowest BCUT2D eigenvalue weighted by molar-refractivity contribution is -0.0505. The molecular weight excluding hydrogens is 673 g/mol. The monoisotopic (exact) mass is 738 g/mol. The first-order valence-corrected chi connectivity index (χ1v) is 21.3.